The summed E-state index contributed by atoms with van der Waals surface area (Å²) in [5.41, 5.74) is 2.86. The van der Waals surface area contributed by atoms with Crippen LogP contribution in [0.15, 0.2) is 66.2 Å². The van der Waals surface area contributed by atoms with Crippen LogP contribution in [0.5, 0.6) is 5.75 Å². The van der Waals surface area contributed by atoms with Crippen molar-refractivity contribution in [2.24, 2.45) is 4.99 Å². The number of aromatic nitrogens is 2. The summed E-state index contributed by atoms with van der Waals surface area (Å²) in [6.07, 6.45) is 3.56. The predicted octanol–water partition coefficient (Wildman–Crippen LogP) is 3.68. The second kappa shape index (κ2) is 5.63. The summed E-state index contributed by atoms with van der Waals surface area (Å²) < 4.78 is 2.01. The molecule has 0 unspecified atom stereocenters. The number of aromatic hydroxyl groups is 1. The van der Waals surface area contributed by atoms with E-state index >= 15 is 0 Å². The molecule has 0 aliphatic rings. The first-order chi connectivity index (χ1) is 10.3. The molecule has 0 aliphatic carbocycles. The molecule has 0 fully saturated rings. The third kappa shape index (κ3) is 2.69. The molecule has 3 rings (SSSR count). The molecule has 104 valence electrons. The molecule has 0 bridgehead atoms. The minimum Gasteiger partial charge on any atom is -0.508 e. The first-order valence-corrected chi connectivity index (χ1v) is 6.67. The number of para-hydroxylation sites is 2. The molecule has 4 nitrogen and oxygen atoms in total. The zero-order chi connectivity index (χ0) is 14.7. The molecule has 0 aliphatic heterocycles. The smallest absolute Gasteiger partial charge is 0.230 e. The number of hydrogen-bond acceptors (Lipinski definition) is 3. The van der Waals surface area contributed by atoms with Crippen molar-refractivity contribution in [3.8, 4) is 5.75 Å². The van der Waals surface area contributed by atoms with E-state index in [1.165, 1.54) is 0 Å². The van der Waals surface area contributed by atoms with Gasteiger partial charge in [-0.15, -0.1) is 6.58 Å². The Kier molecular flexibility index (Phi) is 3.51. The van der Waals surface area contributed by atoms with Crippen LogP contribution < -0.4 is 0 Å². The van der Waals surface area contributed by atoms with Crippen LogP contribution in [0.1, 0.15) is 5.56 Å². The van der Waals surface area contributed by atoms with Crippen molar-refractivity contribution in [2.75, 3.05) is 0 Å². The van der Waals surface area contributed by atoms with Gasteiger partial charge in [-0.25, -0.2) is 9.98 Å². The van der Waals surface area contributed by atoms with Crippen LogP contribution in [0.3, 0.4) is 0 Å². The maximum Gasteiger partial charge on any atom is 0.230 e. The first kappa shape index (κ1) is 13.1. The third-order valence-corrected chi connectivity index (χ3v) is 3.17. The molecule has 0 atom stereocenters. The van der Waals surface area contributed by atoms with Crippen LogP contribution >= 0.6 is 0 Å². The van der Waals surface area contributed by atoms with E-state index in [2.05, 4.69) is 16.6 Å². The van der Waals surface area contributed by atoms with E-state index in [0.29, 0.717) is 12.5 Å². The van der Waals surface area contributed by atoms with Crippen molar-refractivity contribution in [3.63, 3.8) is 0 Å². The van der Waals surface area contributed by atoms with Crippen LogP contribution in [0, 0.1) is 0 Å². The number of allylic oxidation sites excluding steroid dienone is 1. The van der Waals surface area contributed by atoms with E-state index in [1.54, 1.807) is 30.5 Å². The van der Waals surface area contributed by atoms with Crippen molar-refractivity contribution in [3.05, 3.63) is 66.7 Å². The Bertz CT molecular complexity index is 801. The molecule has 0 radical (unpaired) electrons. The number of phenolic OH excluding ortho intramolecular Hbond substituents is 1. The van der Waals surface area contributed by atoms with Gasteiger partial charge in [-0.05, 0) is 42.0 Å². The highest BCUT2D eigenvalue weighted by atomic mass is 16.3. The molecule has 3 aromatic rings. The lowest BCUT2D eigenvalue weighted by molar-refractivity contribution is 0.475. The molecule has 0 amide bonds. The Morgan fingerprint density at radius 1 is 1.14 bits per heavy atom. The van der Waals surface area contributed by atoms with Crippen molar-refractivity contribution < 1.29 is 5.11 Å². The van der Waals surface area contributed by atoms with Crippen molar-refractivity contribution in [1.82, 2.24) is 9.55 Å². The van der Waals surface area contributed by atoms with E-state index < -0.39 is 0 Å². The molecule has 1 N–H and O–H groups in total. The fraction of sp³-hybridized carbons (Fsp3) is 0.0588. The zero-order valence-electron chi connectivity index (χ0n) is 11.5. The topological polar surface area (TPSA) is 50.4 Å². The lowest BCUT2D eigenvalue weighted by Gasteiger charge is -2.01. The average Bonchev–Trinajstić information content (AvgIpc) is 2.85. The summed E-state index contributed by atoms with van der Waals surface area (Å²) >= 11 is 0. The number of phenols is 1. The van der Waals surface area contributed by atoms with Gasteiger partial charge in [-0.2, -0.15) is 0 Å². The minimum absolute atomic E-state index is 0.242. The molecule has 4 heteroatoms. The number of imidazole rings is 1. The second-order valence-electron chi connectivity index (χ2n) is 4.65. The lowest BCUT2D eigenvalue weighted by Crippen LogP contribution is -1.94. The van der Waals surface area contributed by atoms with Gasteiger partial charge in [0, 0.05) is 12.8 Å². The Morgan fingerprint density at radius 2 is 1.90 bits per heavy atom. The summed E-state index contributed by atoms with van der Waals surface area (Å²) in [7, 11) is 0. The van der Waals surface area contributed by atoms with E-state index in [9.17, 15) is 5.11 Å². The summed E-state index contributed by atoms with van der Waals surface area (Å²) in [5.74, 6) is 0.884. The van der Waals surface area contributed by atoms with Gasteiger partial charge in [0.25, 0.3) is 0 Å². The van der Waals surface area contributed by atoms with Crippen LogP contribution in [0.4, 0.5) is 5.95 Å². The highest BCUT2D eigenvalue weighted by molar-refractivity contribution is 5.83. The Labute approximate surface area is 122 Å². The van der Waals surface area contributed by atoms with E-state index in [4.69, 9.17) is 0 Å². The highest BCUT2D eigenvalue weighted by Gasteiger charge is 2.07. The predicted molar refractivity (Wildman–Crippen MR) is 85.3 cm³/mol. The quantitative estimate of drug-likeness (QED) is 0.584. The molecule has 0 saturated carbocycles. The van der Waals surface area contributed by atoms with Gasteiger partial charge in [0.15, 0.2) is 0 Å². The molecular weight excluding hydrogens is 262 g/mol. The number of fused-ring (bicyclic) bond motifs is 1. The van der Waals surface area contributed by atoms with Gasteiger partial charge in [0.1, 0.15) is 5.75 Å². The van der Waals surface area contributed by atoms with Gasteiger partial charge in [0.05, 0.1) is 11.0 Å². The Morgan fingerprint density at radius 3 is 2.67 bits per heavy atom. The number of benzene rings is 2. The van der Waals surface area contributed by atoms with Gasteiger partial charge < -0.3 is 9.67 Å². The van der Waals surface area contributed by atoms with Crippen molar-refractivity contribution >= 4 is 23.2 Å². The maximum atomic E-state index is 9.28. The van der Waals surface area contributed by atoms with E-state index in [-0.39, 0.29) is 5.75 Å². The zero-order valence-corrected chi connectivity index (χ0v) is 11.5. The molecule has 2 aromatic carbocycles. The first-order valence-electron chi connectivity index (χ1n) is 6.67. The van der Waals surface area contributed by atoms with Crippen molar-refractivity contribution in [1.29, 1.82) is 0 Å². The van der Waals surface area contributed by atoms with Crippen LogP contribution in [0.25, 0.3) is 11.0 Å². The monoisotopic (exact) mass is 277 g/mol. The minimum atomic E-state index is 0.242. The van der Waals surface area contributed by atoms with Gasteiger partial charge in [-0.1, -0.05) is 18.2 Å². The highest BCUT2D eigenvalue weighted by Crippen LogP contribution is 2.21. The largest absolute Gasteiger partial charge is 0.508 e. The molecule has 0 saturated heterocycles. The molecular formula is C17H15N3O. The Balaban J connectivity index is 2.01. The van der Waals surface area contributed by atoms with Gasteiger partial charge in [-0.3, -0.25) is 0 Å². The average molecular weight is 277 g/mol. The maximum absolute atomic E-state index is 9.28. The molecule has 1 aromatic heterocycles. The SMILES string of the molecule is C=CCn1c(/N=C/c2ccc(O)cc2)nc2ccccc21. The van der Waals surface area contributed by atoms with Gasteiger partial charge in [0.2, 0.25) is 5.95 Å². The lowest BCUT2D eigenvalue weighted by atomic mass is 10.2. The summed E-state index contributed by atoms with van der Waals surface area (Å²) in [6, 6.07) is 14.8. The van der Waals surface area contributed by atoms with E-state index in [1.807, 2.05) is 34.9 Å². The van der Waals surface area contributed by atoms with Crippen molar-refractivity contribution in [2.45, 2.75) is 6.54 Å². The number of aliphatic imine (C=N–C) groups is 1. The fourth-order valence-electron chi connectivity index (χ4n) is 2.16. The standard InChI is InChI=1S/C17H15N3O/c1-2-11-20-16-6-4-3-5-15(16)19-17(20)18-12-13-7-9-14(21)10-8-13/h2-10,12,21H,1,11H2/b18-12+. The van der Waals surface area contributed by atoms with Gasteiger partial charge >= 0.3 is 0 Å². The fourth-order valence-corrected chi connectivity index (χ4v) is 2.16. The normalized spacial score (nSPS) is 11.2. The summed E-state index contributed by atoms with van der Waals surface area (Å²) in [5, 5.41) is 9.28. The summed E-state index contributed by atoms with van der Waals surface area (Å²) in [4.78, 5) is 8.99. The number of rotatable bonds is 4. The van der Waals surface area contributed by atoms with Crippen LogP contribution in [-0.2, 0) is 6.54 Å². The van der Waals surface area contributed by atoms with Crippen LogP contribution in [0.2, 0.25) is 0 Å². The number of hydrogen-bond donors (Lipinski definition) is 1. The Hall–Kier alpha value is -2.88. The third-order valence-electron chi connectivity index (χ3n) is 3.17. The molecule has 21 heavy (non-hydrogen) atoms. The second-order valence-corrected chi connectivity index (χ2v) is 4.65. The van der Waals surface area contributed by atoms with Crippen LogP contribution in [-0.4, -0.2) is 20.9 Å². The molecule has 0 spiro atoms. The van der Waals surface area contributed by atoms with E-state index in [0.717, 1.165) is 16.6 Å². The molecule has 1 heterocycles. The number of nitrogens with zero attached hydrogens (tertiary/aromatic N) is 3. The summed E-state index contributed by atoms with van der Waals surface area (Å²) in [6.45, 7) is 4.44.